The Labute approximate surface area is 117 Å². The van der Waals surface area contributed by atoms with Gasteiger partial charge < -0.3 is 10.1 Å². The molecule has 0 atom stereocenters. The lowest BCUT2D eigenvalue weighted by Gasteiger charge is -2.47. The molecular formula is C15H20F2N2O. The van der Waals surface area contributed by atoms with Crippen LogP contribution in [0.1, 0.15) is 43.4 Å². The van der Waals surface area contributed by atoms with Crippen LogP contribution >= 0.6 is 0 Å². The SMILES string of the molecule is Cc1nc(OC2CCC3(CC2)CNC3)ccc1C(F)F. The summed E-state index contributed by atoms with van der Waals surface area (Å²) in [6, 6.07) is 2.98. The molecule has 1 saturated heterocycles. The lowest BCUT2D eigenvalue weighted by atomic mass is 9.69. The van der Waals surface area contributed by atoms with Crippen LogP contribution in [-0.2, 0) is 0 Å². The molecule has 2 aliphatic rings. The largest absolute Gasteiger partial charge is 0.474 e. The molecule has 110 valence electrons. The van der Waals surface area contributed by atoms with Crippen LogP contribution in [-0.4, -0.2) is 24.2 Å². The number of hydrogen-bond acceptors (Lipinski definition) is 3. The highest BCUT2D eigenvalue weighted by Gasteiger charge is 2.40. The average Bonchev–Trinajstić information content (AvgIpc) is 2.37. The molecule has 1 aromatic heterocycles. The maximum atomic E-state index is 12.7. The van der Waals surface area contributed by atoms with E-state index >= 15 is 0 Å². The Morgan fingerprint density at radius 2 is 2.00 bits per heavy atom. The van der Waals surface area contributed by atoms with E-state index in [0.717, 1.165) is 25.9 Å². The topological polar surface area (TPSA) is 34.1 Å². The molecule has 3 rings (SSSR count). The maximum absolute atomic E-state index is 12.7. The smallest absolute Gasteiger partial charge is 0.265 e. The second-order valence-electron chi connectivity index (χ2n) is 6.05. The van der Waals surface area contributed by atoms with Gasteiger partial charge in [-0.2, -0.15) is 0 Å². The third-order valence-electron chi connectivity index (χ3n) is 4.62. The van der Waals surface area contributed by atoms with Crippen molar-refractivity contribution in [3.8, 4) is 5.88 Å². The van der Waals surface area contributed by atoms with Gasteiger partial charge in [0.2, 0.25) is 5.88 Å². The van der Waals surface area contributed by atoms with Crippen LogP contribution < -0.4 is 10.1 Å². The molecule has 1 saturated carbocycles. The number of aryl methyl sites for hydroxylation is 1. The number of nitrogens with one attached hydrogen (secondary N) is 1. The van der Waals surface area contributed by atoms with E-state index in [4.69, 9.17) is 4.74 Å². The monoisotopic (exact) mass is 282 g/mol. The fraction of sp³-hybridized carbons (Fsp3) is 0.667. The molecule has 1 aliphatic heterocycles. The van der Waals surface area contributed by atoms with Crippen molar-refractivity contribution in [1.29, 1.82) is 0 Å². The van der Waals surface area contributed by atoms with E-state index in [0.29, 0.717) is 17.0 Å². The first-order valence-electron chi connectivity index (χ1n) is 7.21. The number of rotatable bonds is 3. The Morgan fingerprint density at radius 1 is 1.30 bits per heavy atom. The first-order valence-corrected chi connectivity index (χ1v) is 7.21. The molecule has 1 spiro atoms. The summed E-state index contributed by atoms with van der Waals surface area (Å²) in [4.78, 5) is 4.14. The number of halogens is 2. The molecule has 20 heavy (non-hydrogen) atoms. The Kier molecular flexibility index (Phi) is 3.63. The third-order valence-corrected chi connectivity index (χ3v) is 4.62. The number of aromatic nitrogens is 1. The molecule has 2 fully saturated rings. The van der Waals surface area contributed by atoms with Gasteiger partial charge in [0, 0.05) is 24.7 Å². The number of pyridine rings is 1. The van der Waals surface area contributed by atoms with E-state index in [1.807, 2.05) is 0 Å². The normalized spacial score (nSPS) is 22.0. The van der Waals surface area contributed by atoms with Crippen molar-refractivity contribution in [2.45, 2.75) is 45.1 Å². The van der Waals surface area contributed by atoms with Crippen molar-refractivity contribution in [1.82, 2.24) is 10.3 Å². The van der Waals surface area contributed by atoms with Gasteiger partial charge in [0.05, 0.1) is 5.69 Å². The lowest BCUT2D eigenvalue weighted by Crippen LogP contribution is -2.55. The van der Waals surface area contributed by atoms with Crippen molar-refractivity contribution >= 4 is 0 Å². The first kappa shape index (κ1) is 13.7. The van der Waals surface area contributed by atoms with Crippen LogP contribution in [0.3, 0.4) is 0 Å². The molecule has 2 heterocycles. The lowest BCUT2D eigenvalue weighted by molar-refractivity contribution is 0.0401. The van der Waals surface area contributed by atoms with Crippen LogP contribution in [0, 0.1) is 12.3 Å². The van der Waals surface area contributed by atoms with Gasteiger partial charge in [0.25, 0.3) is 6.43 Å². The number of hydrogen-bond donors (Lipinski definition) is 1. The molecule has 0 amide bonds. The van der Waals surface area contributed by atoms with Gasteiger partial charge in [0.1, 0.15) is 6.10 Å². The van der Waals surface area contributed by atoms with Crippen LogP contribution in [0.15, 0.2) is 12.1 Å². The van der Waals surface area contributed by atoms with E-state index < -0.39 is 6.43 Å². The van der Waals surface area contributed by atoms with Crippen molar-refractivity contribution in [2.24, 2.45) is 5.41 Å². The summed E-state index contributed by atoms with van der Waals surface area (Å²) in [5.74, 6) is 0.472. The number of nitrogens with zero attached hydrogens (tertiary/aromatic N) is 1. The van der Waals surface area contributed by atoms with Crippen molar-refractivity contribution in [3.05, 3.63) is 23.4 Å². The fourth-order valence-electron chi connectivity index (χ4n) is 3.17. The summed E-state index contributed by atoms with van der Waals surface area (Å²) < 4.78 is 31.2. The van der Waals surface area contributed by atoms with E-state index in [1.54, 1.807) is 13.0 Å². The third kappa shape index (κ3) is 2.64. The molecule has 1 aromatic rings. The van der Waals surface area contributed by atoms with Gasteiger partial charge in [-0.25, -0.2) is 13.8 Å². The summed E-state index contributed by atoms with van der Waals surface area (Å²) in [6.07, 6.45) is 2.11. The minimum absolute atomic E-state index is 0.0134. The number of ether oxygens (including phenoxy) is 1. The van der Waals surface area contributed by atoms with Gasteiger partial charge in [0.15, 0.2) is 0 Å². The molecular weight excluding hydrogens is 262 g/mol. The molecule has 3 nitrogen and oxygen atoms in total. The van der Waals surface area contributed by atoms with Gasteiger partial charge in [-0.1, -0.05) is 0 Å². The standard InChI is InChI=1S/C15H20F2N2O/c1-10-12(14(16)17)2-3-13(19-10)20-11-4-6-15(7-5-11)8-18-9-15/h2-3,11,14,18H,4-9H2,1H3. The molecule has 0 unspecified atom stereocenters. The Hall–Kier alpha value is -1.23. The molecule has 5 heteroatoms. The summed E-state index contributed by atoms with van der Waals surface area (Å²) in [5, 5.41) is 3.34. The summed E-state index contributed by atoms with van der Waals surface area (Å²) in [5.41, 5.74) is 0.844. The Morgan fingerprint density at radius 3 is 2.50 bits per heavy atom. The zero-order valence-electron chi connectivity index (χ0n) is 11.7. The predicted molar refractivity (Wildman–Crippen MR) is 72.1 cm³/mol. The van der Waals surface area contributed by atoms with Crippen molar-refractivity contribution in [3.63, 3.8) is 0 Å². The van der Waals surface area contributed by atoms with E-state index in [2.05, 4.69) is 10.3 Å². The van der Waals surface area contributed by atoms with Gasteiger partial charge >= 0.3 is 0 Å². The van der Waals surface area contributed by atoms with Crippen LogP contribution in [0.4, 0.5) is 8.78 Å². The quantitative estimate of drug-likeness (QED) is 0.924. The zero-order valence-corrected chi connectivity index (χ0v) is 11.7. The van der Waals surface area contributed by atoms with E-state index in [9.17, 15) is 8.78 Å². The highest BCUT2D eigenvalue weighted by atomic mass is 19.3. The average molecular weight is 282 g/mol. The highest BCUT2D eigenvalue weighted by molar-refractivity contribution is 5.26. The molecule has 1 aliphatic carbocycles. The maximum Gasteiger partial charge on any atom is 0.265 e. The van der Waals surface area contributed by atoms with Crippen LogP contribution in [0.25, 0.3) is 0 Å². The second-order valence-corrected chi connectivity index (χ2v) is 6.05. The molecule has 0 bridgehead atoms. The number of alkyl halides is 2. The molecule has 1 N–H and O–H groups in total. The Balaban J connectivity index is 1.59. The second kappa shape index (κ2) is 5.28. The molecule has 0 aromatic carbocycles. The minimum Gasteiger partial charge on any atom is -0.474 e. The van der Waals surface area contributed by atoms with E-state index in [1.165, 1.54) is 18.9 Å². The van der Waals surface area contributed by atoms with Crippen LogP contribution in [0.5, 0.6) is 5.88 Å². The fourth-order valence-corrected chi connectivity index (χ4v) is 3.17. The summed E-state index contributed by atoms with van der Waals surface area (Å²) >= 11 is 0. The predicted octanol–water partition coefficient (Wildman–Crippen LogP) is 3.24. The highest BCUT2D eigenvalue weighted by Crippen LogP contribution is 2.40. The van der Waals surface area contributed by atoms with Gasteiger partial charge in [-0.15, -0.1) is 0 Å². The van der Waals surface area contributed by atoms with Gasteiger partial charge in [-0.05, 0) is 44.1 Å². The summed E-state index contributed by atoms with van der Waals surface area (Å²) in [7, 11) is 0. The van der Waals surface area contributed by atoms with E-state index in [-0.39, 0.29) is 11.7 Å². The van der Waals surface area contributed by atoms with Crippen molar-refractivity contribution in [2.75, 3.05) is 13.1 Å². The van der Waals surface area contributed by atoms with Crippen LogP contribution in [0.2, 0.25) is 0 Å². The molecule has 0 radical (unpaired) electrons. The van der Waals surface area contributed by atoms with Crippen molar-refractivity contribution < 1.29 is 13.5 Å². The zero-order chi connectivity index (χ0) is 14.2. The first-order chi connectivity index (χ1) is 9.58. The Bertz CT molecular complexity index is 479. The summed E-state index contributed by atoms with van der Waals surface area (Å²) in [6.45, 7) is 3.85. The van der Waals surface area contributed by atoms with Gasteiger partial charge in [-0.3, -0.25) is 0 Å². The minimum atomic E-state index is -2.47.